The summed E-state index contributed by atoms with van der Waals surface area (Å²) in [6, 6.07) is 9.82. The molecule has 62 valence electrons. The maximum atomic E-state index is 10.9. The third-order valence-electron chi connectivity index (χ3n) is 2.02. The van der Waals surface area contributed by atoms with Gasteiger partial charge in [-0.3, -0.25) is 4.79 Å². The minimum atomic E-state index is -0.188. The molecule has 1 heterocycles. The average Bonchev–Trinajstić information content (AvgIpc) is 2.84. The summed E-state index contributed by atoms with van der Waals surface area (Å²) < 4.78 is 5.21. The number of epoxide rings is 1. The van der Waals surface area contributed by atoms with Gasteiger partial charge in [-0.1, -0.05) is 30.3 Å². The smallest absolute Gasteiger partial charge is 0.161 e. The van der Waals surface area contributed by atoms with Gasteiger partial charge in [0.15, 0.2) is 5.78 Å². The Morgan fingerprint density at radius 3 is 2.50 bits per heavy atom. The standard InChI is InChI=1S/C10H10O2/c1-7(11)9-10(12-9)8-5-3-2-4-6-8/h2-6,9-10H,1H3/t9-,10+/m1/s1. The molecule has 0 bridgehead atoms. The molecule has 1 aromatic carbocycles. The van der Waals surface area contributed by atoms with Crippen molar-refractivity contribution in [2.45, 2.75) is 19.1 Å². The molecule has 0 amide bonds. The second-order valence-corrected chi connectivity index (χ2v) is 3.00. The number of ketones is 1. The molecule has 2 atom stereocenters. The van der Waals surface area contributed by atoms with E-state index in [9.17, 15) is 4.79 Å². The molecule has 1 saturated heterocycles. The maximum absolute atomic E-state index is 10.9. The summed E-state index contributed by atoms with van der Waals surface area (Å²) in [6.07, 6.45) is -0.170. The van der Waals surface area contributed by atoms with Crippen LogP contribution in [0.5, 0.6) is 0 Å². The summed E-state index contributed by atoms with van der Waals surface area (Å²) in [4.78, 5) is 10.9. The molecular formula is C10H10O2. The average molecular weight is 162 g/mol. The zero-order valence-corrected chi connectivity index (χ0v) is 6.86. The Hall–Kier alpha value is -1.15. The van der Waals surface area contributed by atoms with Gasteiger partial charge >= 0.3 is 0 Å². The third-order valence-corrected chi connectivity index (χ3v) is 2.02. The first-order valence-electron chi connectivity index (χ1n) is 4.00. The normalized spacial score (nSPS) is 26.8. The molecule has 0 radical (unpaired) electrons. The Morgan fingerprint density at radius 1 is 1.33 bits per heavy atom. The molecule has 0 aliphatic carbocycles. The summed E-state index contributed by atoms with van der Waals surface area (Å²) >= 11 is 0. The molecule has 0 unspecified atom stereocenters. The quantitative estimate of drug-likeness (QED) is 0.619. The zero-order chi connectivity index (χ0) is 8.55. The van der Waals surface area contributed by atoms with Crippen molar-refractivity contribution in [2.24, 2.45) is 0 Å². The Morgan fingerprint density at radius 2 is 2.00 bits per heavy atom. The molecule has 1 aliphatic rings. The van der Waals surface area contributed by atoms with Gasteiger partial charge in [-0.15, -0.1) is 0 Å². The van der Waals surface area contributed by atoms with E-state index in [1.807, 2.05) is 30.3 Å². The monoisotopic (exact) mass is 162 g/mol. The van der Waals surface area contributed by atoms with Gasteiger partial charge in [0.2, 0.25) is 0 Å². The minimum absolute atomic E-state index is 0.0173. The first-order chi connectivity index (χ1) is 5.79. The van der Waals surface area contributed by atoms with E-state index in [4.69, 9.17) is 4.74 Å². The Labute approximate surface area is 71.2 Å². The van der Waals surface area contributed by atoms with Crippen LogP contribution in [0.25, 0.3) is 0 Å². The van der Waals surface area contributed by atoms with E-state index in [-0.39, 0.29) is 18.0 Å². The van der Waals surface area contributed by atoms with Crippen LogP contribution in [0.3, 0.4) is 0 Å². The minimum Gasteiger partial charge on any atom is -0.356 e. The van der Waals surface area contributed by atoms with E-state index in [0.29, 0.717) is 0 Å². The van der Waals surface area contributed by atoms with E-state index in [1.165, 1.54) is 0 Å². The van der Waals surface area contributed by atoms with Gasteiger partial charge in [-0.2, -0.15) is 0 Å². The molecule has 12 heavy (non-hydrogen) atoms. The highest BCUT2D eigenvalue weighted by atomic mass is 16.6. The predicted molar refractivity (Wildman–Crippen MR) is 44.7 cm³/mol. The van der Waals surface area contributed by atoms with Crippen LogP contribution < -0.4 is 0 Å². The van der Waals surface area contributed by atoms with Crippen molar-refractivity contribution in [1.82, 2.24) is 0 Å². The maximum Gasteiger partial charge on any atom is 0.161 e. The van der Waals surface area contributed by atoms with Gasteiger partial charge in [-0.05, 0) is 12.5 Å². The molecule has 1 aromatic rings. The lowest BCUT2D eigenvalue weighted by Gasteiger charge is -1.91. The number of benzene rings is 1. The van der Waals surface area contributed by atoms with Crippen LogP contribution in [0.4, 0.5) is 0 Å². The Kier molecular flexibility index (Phi) is 1.70. The summed E-state index contributed by atoms with van der Waals surface area (Å²) in [5.74, 6) is 0.115. The van der Waals surface area contributed by atoms with Crippen molar-refractivity contribution in [3.63, 3.8) is 0 Å². The molecule has 2 heteroatoms. The highest BCUT2D eigenvalue weighted by molar-refractivity contribution is 5.83. The highest BCUT2D eigenvalue weighted by Crippen LogP contribution is 2.38. The lowest BCUT2D eigenvalue weighted by Crippen LogP contribution is -2.00. The summed E-state index contributed by atoms with van der Waals surface area (Å²) in [5, 5.41) is 0. The molecule has 2 rings (SSSR count). The third kappa shape index (κ3) is 1.25. The fraction of sp³-hybridized carbons (Fsp3) is 0.300. The second-order valence-electron chi connectivity index (χ2n) is 3.00. The SMILES string of the molecule is CC(=O)[C@H]1O[C@H]1c1ccccc1. The van der Waals surface area contributed by atoms with E-state index in [0.717, 1.165) is 5.56 Å². The largest absolute Gasteiger partial charge is 0.356 e. The molecular weight excluding hydrogens is 152 g/mol. The fourth-order valence-electron chi connectivity index (χ4n) is 1.32. The van der Waals surface area contributed by atoms with Crippen LogP contribution in [0.2, 0.25) is 0 Å². The lowest BCUT2D eigenvalue weighted by atomic mass is 10.1. The van der Waals surface area contributed by atoms with Gasteiger partial charge in [0.25, 0.3) is 0 Å². The van der Waals surface area contributed by atoms with Crippen LogP contribution in [-0.2, 0) is 9.53 Å². The van der Waals surface area contributed by atoms with Gasteiger partial charge in [0.05, 0.1) is 0 Å². The van der Waals surface area contributed by atoms with Crippen molar-refractivity contribution in [2.75, 3.05) is 0 Å². The van der Waals surface area contributed by atoms with Crippen LogP contribution in [0.15, 0.2) is 30.3 Å². The van der Waals surface area contributed by atoms with E-state index < -0.39 is 0 Å². The summed E-state index contributed by atoms with van der Waals surface area (Å²) in [7, 11) is 0. The Balaban J connectivity index is 2.11. The number of rotatable bonds is 2. The van der Waals surface area contributed by atoms with Crippen molar-refractivity contribution in [3.05, 3.63) is 35.9 Å². The van der Waals surface area contributed by atoms with E-state index in [2.05, 4.69) is 0 Å². The van der Waals surface area contributed by atoms with Crippen LogP contribution >= 0.6 is 0 Å². The summed E-state index contributed by atoms with van der Waals surface area (Å²) in [5.41, 5.74) is 1.10. The van der Waals surface area contributed by atoms with Crippen LogP contribution in [0.1, 0.15) is 18.6 Å². The van der Waals surface area contributed by atoms with Gasteiger partial charge in [-0.25, -0.2) is 0 Å². The fourth-order valence-corrected chi connectivity index (χ4v) is 1.32. The van der Waals surface area contributed by atoms with Crippen LogP contribution in [-0.4, -0.2) is 11.9 Å². The topological polar surface area (TPSA) is 29.6 Å². The molecule has 0 aromatic heterocycles. The van der Waals surface area contributed by atoms with E-state index >= 15 is 0 Å². The molecule has 0 saturated carbocycles. The second kappa shape index (κ2) is 2.72. The van der Waals surface area contributed by atoms with Crippen LogP contribution in [0, 0.1) is 0 Å². The van der Waals surface area contributed by atoms with Crippen molar-refractivity contribution < 1.29 is 9.53 Å². The molecule has 0 spiro atoms. The highest BCUT2D eigenvalue weighted by Gasteiger charge is 2.43. The number of ether oxygens (including phenoxy) is 1. The van der Waals surface area contributed by atoms with E-state index in [1.54, 1.807) is 6.92 Å². The van der Waals surface area contributed by atoms with Crippen molar-refractivity contribution >= 4 is 5.78 Å². The number of carbonyl (C=O) groups is 1. The number of Topliss-reactive ketones (excluding diaryl/α,β-unsaturated/α-hetero) is 1. The first kappa shape index (κ1) is 7.50. The predicted octanol–water partition coefficient (Wildman–Crippen LogP) is 1.72. The molecule has 1 aliphatic heterocycles. The zero-order valence-electron chi connectivity index (χ0n) is 6.86. The molecule has 1 fully saturated rings. The Bertz CT molecular complexity index is 292. The molecule has 0 N–H and O–H groups in total. The lowest BCUT2D eigenvalue weighted by molar-refractivity contribution is -0.118. The van der Waals surface area contributed by atoms with Gasteiger partial charge in [0.1, 0.15) is 12.2 Å². The number of carbonyl (C=O) groups excluding carboxylic acids is 1. The van der Waals surface area contributed by atoms with Gasteiger partial charge < -0.3 is 4.74 Å². The van der Waals surface area contributed by atoms with Gasteiger partial charge in [0, 0.05) is 0 Å². The first-order valence-corrected chi connectivity index (χ1v) is 4.00. The summed E-state index contributed by atoms with van der Waals surface area (Å²) in [6.45, 7) is 1.56. The number of hydrogen-bond donors (Lipinski definition) is 0. The van der Waals surface area contributed by atoms with Crippen molar-refractivity contribution in [1.29, 1.82) is 0 Å². The molecule has 2 nitrogen and oxygen atoms in total. The van der Waals surface area contributed by atoms with Crippen molar-refractivity contribution in [3.8, 4) is 0 Å². The number of hydrogen-bond acceptors (Lipinski definition) is 2.